The molecule has 0 saturated carbocycles. The van der Waals surface area contributed by atoms with Crippen LogP contribution in [0.25, 0.3) is 0 Å². The van der Waals surface area contributed by atoms with Gasteiger partial charge in [0.2, 0.25) is 5.91 Å². The predicted molar refractivity (Wildman–Crippen MR) is 84.0 cm³/mol. The molecule has 0 heterocycles. The van der Waals surface area contributed by atoms with Crippen LogP contribution >= 0.6 is 0 Å². The zero-order chi connectivity index (χ0) is 14.7. The molecule has 0 aliphatic carbocycles. The van der Waals surface area contributed by atoms with Crippen molar-refractivity contribution in [3.05, 3.63) is 0 Å². The molecule has 1 atom stereocenters. The minimum absolute atomic E-state index is 0.145. The molecule has 0 aromatic heterocycles. The second-order valence-corrected chi connectivity index (χ2v) is 6.48. The molecular formula is C17H35NO. The average Bonchev–Trinajstić information content (AvgIpc) is 2.36. The van der Waals surface area contributed by atoms with Gasteiger partial charge in [-0.15, -0.1) is 0 Å². The lowest BCUT2D eigenvalue weighted by Gasteiger charge is -2.31. The van der Waals surface area contributed by atoms with Gasteiger partial charge in [-0.3, -0.25) is 4.79 Å². The van der Waals surface area contributed by atoms with Gasteiger partial charge in [0.15, 0.2) is 0 Å². The number of unbranched alkanes of at least 4 members (excludes halogenated alkanes) is 6. The van der Waals surface area contributed by atoms with E-state index in [1.54, 1.807) is 0 Å². The van der Waals surface area contributed by atoms with Gasteiger partial charge in [0.05, 0.1) is 0 Å². The summed E-state index contributed by atoms with van der Waals surface area (Å²) >= 11 is 0. The summed E-state index contributed by atoms with van der Waals surface area (Å²) in [5, 5.41) is 0. The number of carbonyl (C=O) groups excluding carboxylic acids is 1. The average molecular weight is 269 g/mol. The molecule has 0 radical (unpaired) electrons. The number of amides is 1. The summed E-state index contributed by atoms with van der Waals surface area (Å²) in [5.41, 5.74) is 5.20. The Labute approximate surface area is 120 Å². The number of hydrogen-bond acceptors (Lipinski definition) is 1. The Kier molecular flexibility index (Phi) is 9.99. The summed E-state index contributed by atoms with van der Waals surface area (Å²) in [6, 6.07) is 0. The minimum Gasteiger partial charge on any atom is -0.369 e. The van der Waals surface area contributed by atoms with Gasteiger partial charge < -0.3 is 5.73 Å². The summed E-state index contributed by atoms with van der Waals surface area (Å²) in [5.74, 6) is 0.305. The first-order valence-electron chi connectivity index (χ1n) is 8.26. The van der Waals surface area contributed by atoms with Gasteiger partial charge >= 0.3 is 0 Å². The SMILES string of the molecule is CCCCCCCCCC(CCC)C(C)(C)C(N)=O. The number of nitrogens with two attached hydrogens (primary N) is 1. The van der Waals surface area contributed by atoms with Crippen LogP contribution in [0.2, 0.25) is 0 Å². The van der Waals surface area contributed by atoms with Gasteiger partial charge in [0.25, 0.3) is 0 Å². The first-order chi connectivity index (χ1) is 8.96. The van der Waals surface area contributed by atoms with E-state index >= 15 is 0 Å². The third-order valence-electron chi connectivity index (χ3n) is 4.45. The summed E-state index contributed by atoms with van der Waals surface area (Å²) < 4.78 is 0. The Bertz CT molecular complexity index is 235. The molecule has 2 nitrogen and oxygen atoms in total. The summed E-state index contributed by atoms with van der Waals surface area (Å²) in [6.07, 6.45) is 12.7. The van der Waals surface area contributed by atoms with Crippen LogP contribution in [0.5, 0.6) is 0 Å². The molecule has 0 bridgehead atoms. The van der Waals surface area contributed by atoms with Gasteiger partial charge in [0, 0.05) is 5.41 Å². The van der Waals surface area contributed by atoms with Crippen LogP contribution in [-0.2, 0) is 4.79 Å². The third kappa shape index (κ3) is 7.59. The second-order valence-electron chi connectivity index (χ2n) is 6.48. The molecule has 0 fully saturated rings. The van der Waals surface area contributed by atoms with Crippen molar-refractivity contribution in [2.24, 2.45) is 17.1 Å². The van der Waals surface area contributed by atoms with E-state index in [0.717, 1.165) is 19.3 Å². The van der Waals surface area contributed by atoms with E-state index in [0.29, 0.717) is 5.92 Å². The highest BCUT2D eigenvalue weighted by Crippen LogP contribution is 2.34. The van der Waals surface area contributed by atoms with Crippen LogP contribution in [0.3, 0.4) is 0 Å². The van der Waals surface area contributed by atoms with Crippen molar-refractivity contribution < 1.29 is 4.79 Å². The van der Waals surface area contributed by atoms with Crippen LogP contribution in [-0.4, -0.2) is 5.91 Å². The van der Waals surface area contributed by atoms with Crippen LogP contribution in [0.4, 0.5) is 0 Å². The van der Waals surface area contributed by atoms with Crippen molar-refractivity contribution in [3.8, 4) is 0 Å². The molecule has 2 heteroatoms. The Balaban J connectivity index is 3.93. The fourth-order valence-corrected chi connectivity index (χ4v) is 2.76. The zero-order valence-corrected chi connectivity index (χ0v) is 13.6. The van der Waals surface area contributed by atoms with Gasteiger partial charge in [0.1, 0.15) is 0 Å². The van der Waals surface area contributed by atoms with Crippen LogP contribution < -0.4 is 5.73 Å². The number of primary amides is 1. The molecule has 114 valence electrons. The normalized spacial score (nSPS) is 13.5. The summed E-state index contributed by atoms with van der Waals surface area (Å²) in [6.45, 7) is 8.46. The fraction of sp³-hybridized carbons (Fsp3) is 0.941. The maximum absolute atomic E-state index is 11.6. The molecule has 1 unspecified atom stereocenters. The van der Waals surface area contributed by atoms with E-state index in [1.807, 2.05) is 13.8 Å². The van der Waals surface area contributed by atoms with E-state index in [2.05, 4.69) is 13.8 Å². The Morgan fingerprint density at radius 1 is 0.895 bits per heavy atom. The first kappa shape index (κ1) is 18.5. The van der Waals surface area contributed by atoms with Crippen molar-refractivity contribution in [2.75, 3.05) is 0 Å². The van der Waals surface area contributed by atoms with E-state index in [4.69, 9.17) is 5.73 Å². The van der Waals surface area contributed by atoms with Gasteiger partial charge in [-0.25, -0.2) is 0 Å². The molecular weight excluding hydrogens is 234 g/mol. The van der Waals surface area contributed by atoms with Crippen molar-refractivity contribution in [3.63, 3.8) is 0 Å². The lowest BCUT2D eigenvalue weighted by Crippen LogP contribution is -2.38. The standard InChI is InChI=1S/C17H35NO/c1-5-7-8-9-10-11-12-14-15(13-6-2)17(3,4)16(18)19/h15H,5-14H2,1-4H3,(H2,18,19). The number of hydrogen-bond donors (Lipinski definition) is 1. The molecule has 1 amide bonds. The zero-order valence-electron chi connectivity index (χ0n) is 13.6. The van der Waals surface area contributed by atoms with Gasteiger partial charge in [-0.05, 0) is 18.8 Å². The third-order valence-corrected chi connectivity index (χ3v) is 4.45. The molecule has 0 aromatic carbocycles. The van der Waals surface area contributed by atoms with Crippen LogP contribution in [0.1, 0.15) is 91.9 Å². The molecule has 2 N–H and O–H groups in total. The van der Waals surface area contributed by atoms with Crippen LogP contribution in [0.15, 0.2) is 0 Å². The molecule has 0 saturated heterocycles. The first-order valence-corrected chi connectivity index (χ1v) is 8.26. The Morgan fingerprint density at radius 2 is 1.42 bits per heavy atom. The molecule has 19 heavy (non-hydrogen) atoms. The number of carbonyl (C=O) groups is 1. The quantitative estimate of drug-likeness (QED) is 0.495. The van der Waals surface area contributed by atoms with Crippen LogP contribution in [0, 0.1) is 11.3 Å². The van der Waals surface area contributed by atoms with Gasteiger partial charge in [-0.1, -0.05) is 79.1 Å². The summed E-state index contributed by atoms with van der Waals surface area (Å²) in [4.78, 5) is 11.6. The monoisotopic (exact) mass is 269 g/mol. The number of rotatable bonds is 12. The van der Waals surface area contributed by atoms with E-state index < -0.39 is 0 Å². The topological polar surface area (TPSA) is 43.1 Å². The molecule has 0 aliphatic heterocycles. The predicted octanol–water partition coefficient (Wildman–Crippen LogP) is 5.05. The Hall–Kier alpha value is -0.530. The fourth-order valence-electron chi connectivity index (χ4n) is 2.76. The maximum atomic E-state index is 11.6. The molecule has 0 rings (SSSR count). The van der Waals surface area contributed by atoms with Crippen molar-refractivity contribution in [1.82, 2.24) is 0 Å². The van der Waals surface area contributed by atoms with E-state index in [1.165, 1.54) is 44.9 Å². The summed E-state index contributed by atoms with van der Waals surface area (Å²) in [7, 11) is 0. The van der Waals surface area contributed by atoms with Crippen molar-refractivity contribution in [1.29, 1.82) is 0 Å². The molecule has 0 aromatic rings. The van der Waals surface area contributed by atoms with Crippen molar-refractivity contribution in [2.45, 2.75) is 91.9 Å². The maximum Gasteiger partial charge on any atom is 0.223 e. The van der Waals surface area contributed by atoms with E-state index in [9.17, 15) is 4.79 Å². The van der Waals surface area contributed by atoms with Gasteiger partial charge in [-0.2, -0.15) is 0 Å². The van der Waals surface area contributed by atoms with E-state index in [-0.39, 0.29) is 11.3 Å². The smallest absolute Gasteiger partial charge is 0.223 e. The molecule has 0 aliphatic rings. The molecule has 0 spiro atoms. The highest BCUT2D eigenvalue weighted by Gasteiger charge is 2.33. The Morgan fingerprint density at radius 3 is 1.89 bits per heavy atom. The largest absolute Gasteiger partial charge is 0.369 e. The highest BCUT2D eigenvalue weighted by molar-refractivity contribution is 5.80. The van der Waals surface area contributed by atoms with Crippen molar-refractivity contribution >= 4 is 5.91 Å². The lowest BCUT2D eigenvalue weighted by molar-refractivity contribution is -0.129. The highest BCUT2D eigenvalue weighted by atomic mass is 16.1. The minimum atomic E-state index is -0.349. The second kappa shape index (κ2) is 10.3. The lowest BCUT2D eigenvalue weighted by atomic mass is 9.73.